The number of aliphatic hydroxyl groups is 1. The van der Waals surface area contributed by atoms with E-state index in [2.05, 4.69) is 16.0 Å². The Hall–Kier alpha value is -4.78. The summed E-state index contributed by atoms with van der Waals surface area (Å²) in [5.41, 5.74) is 4.11. The number of carbonyl (C=O) groups is 2. The van der Waals surface area contributed by atoms with Gasteiger partial charge in [0.05, 0.1) is 11.6 Å². The molecule has 5 rings (SSSR count). The van der Waals surface area contributed by atoms with Crippen LogP contribution >= 0.6 is 0 Å². The lowest BCUT2D eigenvalue weighted by atomic mass is 9.96. The van der Waals surface area contributed by atoms with E-state index in [0.717, 1.165) is 16.7 Å². The molecule has 1 atom stereocenters. The molecule has 1 fully saturated rings. The third kappa shape index (κ3) is 5.11. The van der Waals surface area contributed by atoms with Gasteiger partial charge in [0.25, 0.3) is 11.7 Å². The number of aliphatic hydroxyl groups excluding tert-OH is 1. The second kappa shape index (κ2) is 10.5. The van der Waals surface area contributed by atoms with Crippen molar-refractivity contribution in [2.45, 2.75) is 26.1 Å². The van der Waals surface area contributed by atoms with Crippen molar-refractivity contribution in [1.29, 1.82) is 0 Å². The Bertz CT molecular complexity index is 1450. The van der Waals surface area contributed by atoms with E-state index in [4.69, 9.17) is 4.74 Å². The first-order valence-corrected chi connectivity index (χ1v) is 11.9. The van der Waals surface area contributed by atoms with Crippen molar-refractivity contribution >= 4 is 17.4 Å². The summed E-state index contributed by atoms with van der Waals surface area (Å²) in [6.07, 6.45) is 6.49. The van der Waals surface area contributed by atoms with Crippen LogP contribution in [-0.2, 0) is 22.7 Å². The van der Waals surface area contributed by atoms with E-state index < -0.39 is 17.7 Å². The largest absolute Gasteiger partial charge is 0.507 e. The van der Waals surface area contributed by atoms with Crippen molar-refractivity contribution in [2.75, 3.05) is 0 Å². The maximum absolute atomic E-state index is 13.2. The first kappa shape index (κ1) is 23.9. The molecule has 0 bridgehead atoms. The Morgan fingerprint density at radius 3 is 2.41 bits per heavy atom. The number of hydrogen-bond acceptors (Lipinski definition) is 6. The summed E-state index contributed by atoms with van der Waals surface area (Å²) in [5, 5.41) is 11.3. The normalized spacial score (nSPS) is 16.7. The Morgan fingerprint density at radius 2 is 1.70 bits per heavy atom. The van der Waals surface area contributed by atoms with Gasteiger partial charge in [-0.2, -0.15) is 0 Å². The van der Waals surface area contributed by atoms with Crippen LogP contribution in [0.1, 0.15) is 33.9 Å². The third-order valence-corrected chi connectivity index (χ3v) is 6.26. The molecule has 1 aliphatic rings. The van der Waals surface area contributed by atoms with Crippen LogP contribution in [0, 0.1) is 6.92 Å². The van der Waals surface area contributed by atoms with Crippen LogP contribution in [0.4, 0.5) is 0 Å². The molecular formula is C30H25N3O4. The zero-order valence-corrected chi connectivity index (χ0v) is 20.2. The highest BCUT2D eigenvalue weighted by Crippen LogP contribution is 2.40. The number of ketones is 1. The lowest BCUT2D eigenvalue weighted by molar-refractivity contribution is -0.140. The number of hydrogen-bond donors (Lipinski definition) is 1. The zero-order chi connectivity index (χ0) is 25.8. The summed E-state index contributed by atoms with van der Waals surface area (Å²) >= 11 is 0. The van der Waals surface area contributed by atoms with Crippen molar-refractivity contribution < 1.29 is 19.4 Å². The number of benzene rings is 2. The quantitative estimate of drug-likeness (QED) is 0.223. The predicted molar refractivity (Wildman–Crippen MR) is 138 cm³/mol. The van der Waals surface area contributed by atoms with Crippen LogP contribution in [0.2, 0.25) is 0 Å². The standard InChI is InChI=1S/C30H25N3O4/c1-20-4-2-5-22(16-20)19-37-25-9-7-23(8-10-25)28(34)26-27(24-6-3-13-32-17-24)33(30(36)29(26)35)18-21-11-14-31-15-12-21/h2-17,27,34H,18-19H2,1H3/b28-26+/t27-/m1/s1. The summed E-state index contributed by atoms with van der Waals surface area (Å²) in [5.74, 6) is -1.03. The highest BCUT2D eigenvalue weighted by molar-refractivity contribution is 6.46. The topological polar surface area (TPSA) is 92.6 Å². The molecule has 0 aliphatic carbocycles. The molecule has 7 heteroatoms. The number of aryl methyl sites for hydroxylation is 1. The minimum absolute atomic E-state index is 0.0282. The fourth-order valence-corrected chi connectivity index (χ4v) is 4.45. The monoisotopic (exact) mass is 491 g/mol. The van der Waals surface area contributed by atoms with E-state index in [0.29, 0.717) is 23.5 Å². The second-order valence-corrected chi connectivity index (χ2v) is 8.87. The van der Waals surface area contributed by atoms with E-state index in [1.807, 2.05) is 25.1 Å². The molecule has 0 spiro atoms. The minimum atomic E-state index is -0.779. The van der Waals surface area contributed by atoms with Gasteiger partial charge in [-0.05, 0) is 66.1 Å². The first-order valence-electron chi connectivity index (χ1n) is 11.9. The molecule has 1 N–H and O–H groups in total. The molecule has 0 radical (unpaired) electrons. The Kier molecular flexibility index (Phi) is 6.76. The Balaban J connectivity index is 1.45. The van der Waals surface area contributed by atoms with E-state index in [1.165, 1.54) is 4.90 Å². The molecule has 4 aromatic rings. The first-order chi connectivity index (χ1) is 18.0. The SMILES string of the molecule is Cc1cccc(COc2ccc(/C(O)=C3\C(=O)C(=O)N(Cc4ccncc4)[C@@H]3c3cccnc3)cc2)c1. The van der Waals surface area contributed by atoms with Gasteiger partial charge in [0.15, 0.2) is 0 Å². The van der Waals surface area contributed by atoms with E-state index in [1.54, 1.807) is 73.3 Å². The number of Topliss-reactive ketones (excluding diaryl/α,β-unsaturated/α-hetero) is 1. The molecular weight excluding hydrogens is 466 g/mol. The lowest BCUT2D eigenvalue weighted by Gasteiger charge is -2.25. The molecule has 1 amide bonds. The fourth-order valence-electron chi connectivity index (χ4n) is 4.45. The molecule has 7 nitrogen and oxygen atoms in total. The van der Waals surface area contributed by atoms with Crippen LogP contribution in [-0.4, -0.2) is 31.7 Å². The van der Waals surface area contributed by atoms with E-state index in [-0.39, 0.29) is 17.9 Å². The van der Waals surface area contributed by atoms with Gasteiger partial charge < -0.3 is 14.7 Å². The molecule has 3 heterocycles. The van der Waals surface area contributed by atoms with Crippen LogP contribution in [0.25, 0.3) is 5.76 Å². The molecule has 184 valence electrons. The van der Waals surface area contributed by atoms with Crippen LogP contribution in [0.5, 0.6) is 5.75 Å². The highest BCUT2D eigenvalue weighted by Gasteiger charge is 2.46. The molecule has 0 saturated carbocycles. The smallest absolute Gasteiger partial charge is 0.295 e. The van der Waals surface area contributed by atoms with Crippen LogP contribution in [0.3, 0.4) is 0 Å². The number of nitrogens with zero attached hydrogens (tertiary/aromatic N) is 3. The zero-order valence-electron chi connectivity index (χ0n) is 20.2. The van der Waals surface area contributed by atoms with E-state index >= 15 is 0 Å². The van der Waals surface area contributed by atoms with E-state index in [9.17, 15) is 14.7 Å². The molecule has 1 aliphatic heterocycles. The van der Waals surface area contributed by atoms with Crippen molar-refractivity contribution in [3.63, 3.8) is 0 Å². The highest BCUT2D eigenvalue weighted by atomic mass is 16.5. The summed E-state index contributed by atoms with van der Waals surface area (Å²) < 4.78 is 5.88. The number of rotatable bonds is 7. The minimum Gasteiger partial charge on any atom is -0.507 e. The molecule has 1 saturated heterocycles. The second-order valence-electron chi connectivity index (χ2n) is 8.87. The summed E-state index contributed by atoms with van der Waals surface area (Å²) in [6, 6.07) is 21.2. The number of likely N-dealkylation sites (tertiary alicyclic amines) is 1. The average molecular weight is 492 g/mol. The molecule has 0 unspecified atom stereocenters. The summed E-state index contributed by atoms with van der Waals surface area (Å²) in [7, 11) is 0. The van der Waals surface area contributed by atoms with Gasteiger partial charge in [0, 0.05) is 36.9 Å². The van der Waals surface area contributed by atoms with Crippen molar-refractivity contribution in [3.05, 3.63) is 131 Å². The fraction of sp³-hybridized carbons (Fsp3) is 0.133. The average Bonchev–Trinajstić information content (AvgIpc) is 3.18. The maximum atomic E-state index is 13.2. The van der Waals surface area contributed by atoms with Gasteiger partial charge in [-0.3, -0.25) is 19.6 Å². The van der Waals surface area contributed by atoms with Gasteiger partial charge in [-0.25, -0.2) is 0 Å². The van der Waals surface area contributed by atoms with Gasteiger partial charge in [-0.15, -0.1) is 0 Å². The summed E-state index contributed by atoms with van der Waals surface area (Å²) in [4.78, 5) is 35.9. The molecule has 2 aromatic heterocycles. The number of ether oxygens (including phenoxy) is 1. The van der Waals surface area contributed by atoms with Gasteiger partial charge in [0.2, 0.25) is 0 Å². The van der Waals surface area contributed by atoms with Gasteiger partial charge >= 0.3 is 0 Å². The number of carbonyl (C=O) groups excluding carboxylic acids is 2. The van der Waals surface area contributed by atoms with Gasteiger partial charge in [0.1, 0.15) is 18.1 Å². The summed E-state index contributed by atoms with van der Waals surface area (Å²) in [6.45, 7) is 2.63. The van der Waals surface area contributed by atoms with Crippen LogP contribution in [0.15, 0.2) is 103 Å². The number of pyridine rings is 2. The number of aromatic nitrogens is 2. The molecule has 37 heavy (non-hydrogen) atoms. The predicted octanol–water partition coefficient (Wildman–Crippen LogP) is 4.99. The number of amides is 1. The van der Waals surface area contributed by atoms with Gasteiger partial charge in [-0.1, -0.05) is 35.9 Å². The van der Waals surface area contributed by atoms with Crippen molar-refractivity contribution in [1.82, 2.24) is 14.9 Å². The third-order valence-electron chi connectivity index (χ3n) is 6.26. The van der Waals surface area contributed by atoms with Crippen molar-refractivity contribution in [3.8, 4) is 5.75 Å². The van der Waals surface area contributed by atoms with Crippen molar-refractivity contribution in [2.24, 2.45) is 0 Å². The molecule has 2 aromatic carbocycles. The van der Waals surface area contributed by atoms with Crippen LogP contribution < -0.4 is 4.74 Å². The lowest BCUT2D eigenvalue weighted by Crippen LogP contribution is -2.29. The Morgan fingerprint density at radius 1 is 0.919 bits per heavy atom. The maximum Gasteiger partial charge on any atom is 0.295 e. The Labute approximate surface area is 214 Å².